The van der Waals surface area contributed by atoms with Gasteiger partial charge in [0.05, 0.1) is 11.2 Å². The van der Waals surface area contributed by atoms with E-state index in [1.807, 2.05) is 27.7 Å². The summed E-state index contributed by atoms with van der Waals surface area (Å²) in [7, 11) is -0.674. The van der Waals surface area contributed by atoms with E-state index in [1.165, 1.54) is 13.0 Å². The van der Waals surface area contributed by atoms with Gasteiger partial charge in [0.1, 0.15) is 5.82 Å². The monoisotopic (exact) mass is 367 g/mol. The van der Waals surface area contributed by atoms with Gasteiger partial charge in [-0.1, -0.05) is 17.7 Å². The average Bonchev–Trinajstić information content (AvgIpc) is 2.68. The summed E-state index contributed by atoms with van der Waals surface area (Å²) in [4.78, 5) is 11.3. The number of benzene rings is 1. The molecule has 1 aliphatic rings. The lowest BCUT2D eigenvalue weighted by Gasteiger charge is -2.32. The van der Waals surface area contributed by atoms with Gasteiger partial charge in [0.25, 0.3) is 0 Å². The smallest absolute Gasteiger partial charge is 0.400 e. The summed E-state index contributed by atoms with van der Waals surface area (Å²) >= 11 is 5.96. The standard InChI is InChI=1S/C18H24BClFNO3/c1-11-7-13(16(21)9-15(11)20)8-14(10-22-12(2)23)19-24-17(3,4)18(5,6)25-19/h7-9H,10H2,1-6H3,(H,22,23). The first-order valence-electron chi connectivity index (χ1n) is 8.19. The third kappa shape index (κ3) is 4.43. The third-order valence-electron chi connectivity index (χ3n) is 4.72. The minimum Gasteiger partial charge on any atom is -0.400 e. The maximum Gasteiger partial charge on any atom is 0.492 e. The molecule has 1 aromatic carbocycles. The van der Waals surface area contributed by atoms with Crippen molar-refractivity contribution in [3.8, 4) is 0 Å². The van der Waals surface area contributed by atoms with E-state index < -0.39 is 24.1 Å². The molecule has 0 atom stereocenters. The van der Waals surface area contributed by atoms with Crippen LogP contribution in [0.4, 0.5) is 4.39 Å². The van der Waals surface area contributed by atoms with E-state index in [1.54, 1.807) is 19.1 Å². The van der Waals surface area contributed by atoms with Crippen molar-refractivity contribution in [2.75, 3.05) is 6.54 Å². The molecule has 0 unspecified atom stereocenters. The van der Waals surface area contributed by atoms with Gasteiger partial charge in [-0.3, -0.25) is 4.79 Å². The number of aryl methyl sites for hydroxylation is 1. The Hall–Kier alpha value is -1.37. The molecule has 4 nitrogen and oxygen atoms in total. The van der Waals surface area contributed by atoms with Gasteiger partial charge in [0, 0.05) is 24.1 Å². The fraction of sp³-hybridized carbons (Fsp3) is 0.500. The van der Waals surface area contributed by atoms with E-state index in [-0.39, 0.29) is 12.5 Å². The molecular weight excluding hydrogens is 343 g/mol. The SMILES string of the molecule is CC(=O)NCC(=Cc1cc(C)c(Cl)cc1F)B1OC(C)(C)C(C)(C)O1. The Kier molecular flexibility index (Phi) is 5.67. The fourth-order valence-corrected chi connectivity index (χ4v) is 2.56. The molecule has 2 rings (SSSR count). The van der Waals surface area contributed by atoms with Gasteiger partial charge in [-0.25, -0.2) is 4.39 Å². The van der Waals surface area contributed by atoms with E-state index in [2.05, 4.69) is 5.32 Å². The van der Waals surface area contributed by atoms with Crippen molar-refractivity contribution in [1.82, 2.24) is 5.32 Å². The van der Waals surface area contributed by atoms with Crippen LogP contribution < -0.4 is 5.32 Å². The largest absolute Gasteiger partial charge is 0.492 e. The number of hydrogen-bond donors (Lipinski definition) is 1. The van der Waals surface area contributed by atoms with Crippen LogP contribution in [-0.2, 0) is 14.1 Å². The first-order chi connectivity index (χ1) is 11.4. The van der Waals surface area contributed by atoms with Crippen LogP contribution in [0.15, 0.2) is 17.6 Å². The molecule has 1 heterocycles. The predicted octanol–water partition coefficient (Wildman–Crippen LogP) is 3.94. The Morgan fingerprint density at radius 1 is 1.28 bits per heavy atom. The number of carbonyl (C=O) groups excluding carboxylic acids is 1. The van der Waals surface area contributed by atoms with Crippen molar-refractivity contribution < 1.29 is 18.5 Å². The quantitative estimate of drug-likeness (QED) is 0.820. The maximum atomic E-state index is 14.3. The van der Waals surface area contributed by atoms with Gasteiger partial charge in [0.2, 0.25) is 5.91 Å². The fourth-order valence-electron chi connectivity index (χ4n) is 2.41. The Labute approximate surface area is 153 Å². The minimum absolute atomic E-state index is 0.185. The zero-order valence-electron chi connectivity index (χ0n) is 15.5. The van der Waals surface area contributed by atoms with Crippen molar-refractivity contribution in [1.29, 1.82) is 0 Å². The van der Waals surface area contributed by atoms with Crippen LogP contribution in [0.1, 0.15) is 45.7 Å². The number of carbonyl (C=O) groups is 1. The first kappa shape index (κ1) is 20.0. The molecule has 1 aromatic rings. The van der Waals surface area contributed by atoms with Crippen LogP contribution >= 0.6 is 11.6 Å². The Bertz CT molecular complexity index is 703. The molecule has 7 heteroatoms. The summed E-state index contributed by atoms with van der Waals surface area (Å²) < 4.78 is 26.4. The summed E-state index contributed by atoms with van der Waals surface area (Å²) in [5, 5.41) is 3.10. The molecule has 136 valence electrons. The second-order valence-corrected chi connectivity index (χ2v) is 7.75. The Balaban J connectivity index is 2.40. The lowest BCUT2D eigenvalue weighted by Crippen LogP contribution is -2.41. The van der Waals surface area contributed by atoms with Crippen LogP contribution in [0.2, 0.25) is 5.02 Å². The minimum atomic E-state index is -0.674. The number of amides is 1. The second kappa shape index (κ2) is 7.10. The van der Waals surface area contributed by atoms with Crippen molar-refractivity contribution in [3.05, 3.63) is 39.6 Å². The number of halogens is 2. The maximum absolute atomic E-state index is 14.3. The summed E-state index contributed by atoms with van der Waals surface area (Å²) in [5.41, 5.74) is 0.719. The van der Waals surface area contributed by atoms with Gasteiger partial charge in [-0.2, -0.15) is 0 Å². The molecule has 0 bridgehead atoms. The predicted molar refractivity (Wildman–Crippen MR) is 98.9 cm³/mol. The Morgan fingerprint density at radius 3 is 2.36 bits per heavy atom. The Morgan fingerprint density at radius 2 is 1.84 bits per heavy atom. The second-order valence-electron chi connectivity index (χ2n) is 7.34. The van der Waals surface area contributed by atoms with Gasteiger partial charge < -0.3 is 14.6 Å². The lowest BCUT2D eigenvalue weighted by molar-refractivity contribution is -0.118. The van der Waals surface area contributed by atoms with Crippen molar-refractivity contribution in [3.63, 3.8) is 0 Å². The molecule has 0 aromatic heterocycles. The molecule has 0 aliphatic carbocycles. The normalized spacial score (nSPS) is 19.2. The van der Waals surface area contributed by atoms with Gasteiger partial charge in [-0.15, -0.1) is 0 Å². The third-order valence-corrected chi connectivity index (χ3v) is 5.12. The van der Waals surface area contributed by atoms with E-state index in [4.69, 9.17) is 20.9 Å². The van der Waals surface area contributed by atoms with Crippen LogP contribution in [0.25, 0.3) is 6.08 Å². The number of hydrogen-bond acceptors (Lipinski definition) is 3. The number of rotatable bonds is 4. The van der Waals surface area contributed by atoms with Crippen LogP contribution in [-0.4, -0.2) is 30.8 Å². The molecule has 1 N–H and O–H groups in total. The highest BCUT2D eigenvalue weighted by Crippen LogP contribution is 2.39. The molecule has 25 heavy (non-hydrogen) atoms. The zero-order valence-corrected chi connectivity index (χ0v) is 16.3. The molecular formula is C18H24BClFNO3. The highest BCUT2D eigenvalue weighted by Gasteiger charge is 2.52. The van der Waals surface area contributed by atoms with E-state index in [0.29, 0.717) is 16.1 Å². The zero-order chi connectivity index (χ0) is 19.0. The van der Waals surface area contributed by atoms with Gasteiger partial charge >= 0.3 is 7.12 Å². The van der Waals surface area contributed by atoms with E-state index >= 15 is 0 Å². The summed E-state index contributed by atoms with van der Waals surface area (Å²) in [5.74, 6) is -0.623. The van der Waals surface area contributed by atoms with E-state index in [0.717, 1.165) is 5.56 Å². The highest BCUT2D eigenvalue weighted by molar-refractivity contribution is 6.56. The molecule has 1 amide bonds. The molecule has 0 radical (unpaired) electrons. The van der Waals surface area contributed by atoms with Crippen LogP contribution in [0.3, 0.4) is 0 Å². The van der Waals surface area contributed by atoms with Crippen molar-refractivity contribution in [2.24, 2.45) is 0 Å². The summed E-state index contributed by atoms with van der Waals surface area (Å²) in [6, 6.07) is 2.94. The highest BCUT2D eigenvalue weighted by atomic mass is 35.5. The van der Waals surface area contributed by atoms with E-state index in [9.17, 15) is 9.18 Å². The summed E-state index contributed by atoms with van der Waals surface area (Å²) in [6.45, 7) is 11.2. The van der Waals surface area contributed by atoms with Crippen molar-refractivity contribution >= 4 is 30.7 Å². The van der Waals surface area contributed by atoms with Gasteiger partial charge in [-0.05, 0) is 57.8 Å². The van der Waals surface area contributed by atoms with Crippen LogP contribution in [0, 0.1) is 12.7 Å². The van der Waals surface area contributed by atoms with Crippen LogP contribution in [0.5, 0.6) is 0 Å². The molecule has 0 spiro atoms. The topological polar surface area (TPSA) is 47.6 Å². The molecule has 0 saturated carbocycles. The molecule has 1 aliphatic heterocycles. The average molecular weight is 368 g/mol. The molecule has 1 fully saturated rings. The lowest BCUT2D eigenvalue weighted by atomic mass is 9.77. The van der Waals surface area contributed by atoms with Gasteiger partial charge in [0.15, 0.2) is 0 Å². The molecule has 1 saturated heterocycles. The summed E-state index contributed by atoms with van der Waals surface area (Å²) in [6.07, 6.45) is 1.65. The van der Waals surface area contributed by atoms with Crippen molar-refractivity contribution in [2.45, 2.75) is 52.7 Å². The number of nitrogens with one attached hydrogen (secondary N) is 1. The first-order valence-corrected chi connectivity index (χ1v) is 8.57.